The van der Waals surface area contributed by atoms with Crippen LogP contribution >= 0.6 is 0 Å². The average Bonchev–Trinajstić information content (AvgIpc) is 3.68. The molecule has 9 nitrogen and oxygen atoms in total. The van der Waals surface area contributed by atoms with Gasteiger partial charge in [0.1, 0.15) is 30.1 Å². The maximum Gasteiger partial charge on any atom is 0.243 e. The van der Waals surface area contributed by atoms with Crippen molar-refractivity contribution in [2.75, 3.05) is 38.6 Å². The minimum absolute atomic E-state index is 0.00506. The van der Waals surface area contributed by atoms with Crippen LogP contribution in [-0.2, 0) is 33.8 Å². The Bertz CT molecular complexity index is 1630. The molecular formula is C31H30FN5O4S. The number of benzene rings is 2. The smallest absolute Gasteiger partial charge is 0.243 e. The van der Waals surface area contributed by atoms with Crippen molar-refractivity contribution in [2.45, 2.75) is 18.0 Å². The lowest BCUT2D eigenvalue weighted by atomic mass is 10.1. The Balaban J connectivity index is 1.05. The number of oxazole rings is 1. The molecule has 1 amide bonds. The van der Waals surface area contributed by atoms with E-state index in [1.54, 1.807) is 22.9 Å². The van der Waals surface area contributed by atoms with Gasteiger partial charge < -0.3 is 23.6 Å². The highest BCUT2D eigenvalue weighted by atomic mass is 32.2. The van der Waals surface area contributed by atoms with Gasteiger partial charge in [0.15, 0.2) is 4.90 Å². The molecule has 0 radical (unpaired) electrons. The van der Waals surface area contributed by atoms with Gasteiger partial charge in [-0.25, -0.2) is 9.37 Å². The largest absolute Gasteiger partial charge is 0.611 e. The van der Waals surface area contributed by atoms with Gasteiger partial charge in [0.05, 0.1) is 31.6 Å². The quantitative estimate of drug-likeness (QED) is 0.243. The van der Waals surface area contributed by atoms with E-state index < -0.39 is 11.2 Å². The third-order valence-electron chi connectivity index (χ3n) is 7.26. The first-order valence-electron chi connectivity index (χ1n) is 13.7. The molecule has 0 saturated carbocycles. The summed E-state index contributed by atoms with van der Waals surface area (Å²) < 4.78 is 39.1. The SMILES string of the molecule is O=C(Cn1c(-c2ncco2)cc2cc(F)ccc21)NCc1ccc(-c2ccc([S+]([O-])CCN3CCOCC3)cc2)cn1. The van der Waals surface area contributed by atoms with Crippen molar-refractivity contribution in [1.82, 2.24) is 24.8 Å². The maximum atomic E-state index is 13.8. The van der Waals surface area contributed by atoms with Crippen LogP contribution in [-0.4, -0.2) is 68.5 Å². The molecule has 1 N–H and O–H groups in total. The summed E-state index contributed by atoms with van der Waals surface area (Å²) in [5, 5.41) is 3.56. The summed E-state index contributed by atoms with van der Waals surface area (Å²) in [6.45, 7) is 4.30. The first-order valence-corrected chi connectivity index (χ1v) is 15.0. The number of nitrogens with zero attached hydrogens (tertiary/aromatic N) is 4. The van der Waals surface area contributed by atoms with Crippen LogP contribution in [0.25, 0.3) is 33.6 Å². The van der Waals surface area contributed by atoms with E-state index in [4.69, 9.17) is 9.15 Å². The summed E-state index contributed by atoms with van der Waals surface area (Å²) >= 11 is -1.06. The predicted molar refractivity (Wildman–Crippen MR) is 157 cm³/mol. The van der Waals surface area contributed by atoms with Crippen molar-refractivity contribution < 1.29 is 22.9 Å². The zero-order valence-electron chi connectivity index (χ0n) is 22.9. The van der Waals surface area contributed by atoms with Crippen LogP contribution in [0.15, 0.2) is 88.6 Å². The molecule has 4 heterocycles. The van der Waals surface area contributed by atoms with Crippen LogP contribution in [0.5, 0.6) is 0 Å². The second-order valence-corrected chi connectivity index (χ2v) is 11.6. The molecule has 1 saturated heterocycles. The summed E-state index contributed by atoms with van der Waals surface area (Å²) in [6.07, 6.45) is 4.74. The van der Waals surface area contributed by atoms with Crippen molar-refractivity contribution in [2.24, 2.45) is 0 Å². The van der Waals surface area contributed by atoms with Crippen molar-refractivity contribution in [3.63, 3.8) is 0 Å². The van der Waals surface area contributed by atoms with Crippen molar-refractivity contribution in [1.29, 1.82) is 0 Å². The first-order chi connectivity index (χ1) is 20.5. The van der Waals surface area contributed by atoms with E-state index in [0.717, 1.165) is 48.9 Å². The molecule has 2 aromatic carbocycles. The molecule has 0 bridgehead atoms. The number of fused-ring (bicyclic) bond motifs is 1. The summed E-state index contributed by atoms with van der Waals surface area (Å²) in [4.78, 5) is 24.7. The summed E-state index contributed by atoms with van der Waals surface area (Å²) in [5.74, 6) is 0.362. The topological polar surface area (TPSA) is 108 Å². The summed E-state index contributed by atoms with van der Waals surface area (Å²) in [6, 6.07) is 17.7. The number of amides is 1. The monoisotopic (exact) mass is 587 g/mol. The highest BCUT2D eigenvalue weighted by Crippen LogP contribution is 2.28. The van der Waals surface area contributed by atoms with E-state index in [-0.39, 0.29) is 24.8 Å². The fraction of sp³-hybridized carbons (Fsp3) is 0.258. The number of carbonyl (C=O) groups excluding carboxylic acids is 1. The molecule has 1 atom stereocenters. The molecule has 1 aliphatic heterocycles. The molecule has 5 aromatic rings. The number of rotatable bonds is 10. The van der Waals surface area contributed by atoms with Crippen LogP contribution < -0.4 is 5.32 Å². The van der Waals surface area contributed by atoms with Gasteiger partial charge in [0, 0.05) is 42.3 Å². The molecule has 1 unspecified atom stereocenters. The molecule has 216 valence electrons. The molecule has 3 aromatic heterocycles. The lowest BCUT2D eigenvalue weighted by Crippen LogP contribution is -2.39. The molecule has 42 heavy (non-hydrogen) atoms. The zero-order valence-corrected chi connectivity index (χ0v) is 23.7. The average molecular weight is 588 g/mol. The lowest BCUT2D eigenvalue weighted by molar-refractivity contribution is -0.121. The van der Waals surface area contributed by atoms with Crippen LogP contribution in [0.3, 0.4) is 0 Å². The Kier molecular flexibility index (Phi) is 8.61. The van der Waals surface area contributed by atoms with Crippen molar-refractivity contribution >= 4 is 28.0 Å². The number of hydrogen-bond donors (Lipinski definition) is 1. The molecule has 0 spiro atoms. The Labute approximate surface area is 245 Å². The third-order valence-corrected chi connectivity index (χ3v) is 8.61. The molecule has 1 fully saturated rings. The van der Waals surface area contributed by atoms with Crippen molar-refractivity contribution in [3.05, 3.63) is 90.8 Å². The fourth-order valence-corrected chi connectivity index (χ4v) is 6.08. The van der Waals surface area contributed by atoms with E-state index in [0.29, 0.717) is 33.9 Å². The Morgan fingerprint density at radius 3 is 2.57 bits per heavy atom. The minimum atomic E-state index is -1.06. The van der Waals surface area contributed by atoms with Gasteiger partial charge in [-0.3, -0.25) is 14.7 Å². The summed E-state index contributed by atoms with van der Waals surface area (Å²) in [7, 11) is 0. The summed E-state index contributed by atoms with van der Waals surface area (Å²) in [5.41, 5.74) is 3.90. The number of nitrogens with one attached hydrogen (secondary N) is 1. The van der Waals surface area contributed by atoms with E-state index in [1.807, 2.05) is 36.4 Å². The number of morpholine rings is 1. The minimum Gasteiger partial charge on any atom is -0.611 e. The Morgan fingerprint density at radius 1 is 1.02 bits per heavy atom. The van der Waals surface area contributed by atoms with Gasteiger partial charge in [-0.15, -0.1) is 0 Å². The van der Waals surface area contributed by atoms with Gasteiger partial charge in [0.25, 0.3) is 0 Å². The van der Waals surface area contributed by atoms with E-state index >= 15 is 0 Å². The lowest BCUT2D eigenvalue weighted by Gasteiger charge is -2.26. The second kappa shape index (κ2) is 12.9. The van der Waals surface area contributed by atoms with Crippen LogP contribution in [0.2, 0.25) is 0 Å². The number of ether oxygens (including phenoxy) is 1. The van der Waals surface area contributed by atoms with Gasteiger partial charge in [0.2, 0.25) is 11.8 Å². The molecule has 11 heteroatoms. The first kappa shape index (κ1) is 28.1. The molecular weight excluding hydrogens is 557 g/mol. The second-order valence-electron chi connectivity index (χ2n) is 10.00. The third kappa shape index (κ3) is 6.55. The Morgan fingerprint density at radius 2 is 1.83 bits per heavy atom. The number of carbonyl (C=O) groups is 1. The number of hydrogen-bond acceptors (Lipinski definition) is 7. The molecule has 6 rings (SSSR count). The van der Waals surface area contributed by atoms with E-state index in [1.165, 1.54) is 24.6 Å². The van der Waals surface area contributed by atoms with E-state index in [9.17, 15) is 13.7 Å². The van der Waals surface area contributed by atoms with Gasteiger partial charge in [-0.05, 0) is 71.3 Å². The standard InChI is InChI=1S/C31H30FN5O4S/c32-25-4-8-28-24(17-25)18-29(31-33-9-13-41-31)37(28)21-30(38)35-20-26-5-1-23(19-34-26)22-2-6-27(7-3-22)42(39)16-12-36-10-14-40-15-11-36/h1-9,13,17-19H,10-12,14-16,20-21H2,(H,35,38). The molecule has 1 aliphatic rings. The predicted octanol–water partition coefficient (Wildman–Crippen LogP) is 4.25. The highest BCUT2D eigenvalue weighted by Gasteiger charge is 2.18. The number of aromatic nitrogens is 3. The van der Waals surface area contributed by atoms with E-state index in [2.05, 4.69) is 20.2 Å². The van der Waals surface area contributed by atoms with Crippen LogP contribution in [0, 0.1) is 5.82 Å². The molecule has 0 aliphatic carbocycles. The van der Waals surface area contributed by atoms with Gasteiger partial charge in [-0.1, -0.05) is 6.07 Å². The zero-order chi connectivity index (χ0) is 28.9. The normalized spacial score (nSPS) is 14.7. The van der Waals surface area contributed by atoms with Crippen LogP contribution in [0.1, 0.15) is 5.69 Å². The highest BCUT2D eigenvalue weighted by molar-refractivity contribution is 7.91. The Hall–Kier alpha value is -4.03. The van der Waals surface area contributed by atoms with Gasteiger partial charge in [-0.2, -0.15) is 0 Å². The fourth-order valence-electron chi connectivity index (χ4n) is 4.98. The number of halogens is 1. The van der Waals surface area contributed by atoms with Gasteiger partial charge >= 0.3 is 0 Å². The maximum absolute atomic E-state index is 13.8. The van der Waals surface area contributed by atoms with Crippen LogP contribution in [0.4, 0.5) is 4.39 Å². The van der Waals surface area contributed by atoms with Crippen molar-refractivity contribution in [3.8, 4) is 22.7 Å². The number of pyridine rings is 1.